The fourth-order valence-corrected chi connectivity index (χ4v) is 15.7. The molecule has 0 saturated heterocycles. The third-order valence-corrected chi connectivity index (χ3v) is 18.4. The molecule has 13 aromatic carbocycles. The van der Waals surface area contributed by atoms with Crippen molar-refractivity contribution in [1.82, 2.24) is 8.80 Å². The first kappa shape index (κ1) is 40.4. The molecule has 0 fully saturated rings. The predicted molar refractivity (Wildman–Crippen MR) is 323 cm³/mol. The second-order valence-corrected chi connectivity index (χ2v) is 21.7. The molecular formula is C75H42N2. The van der Waals surface area contributed by atoms with Crippen molar-refractivity contribution in [3.05, 3.63) is 277 Å². The fourth-order valence-electron chi connectivity index (χ4n) is 15.7. The van der Waals surface area contributed by atoms with Gasteiger partial charge in [0.05, 0.1) is 38.5 Å². The van der Waals surface area contributed by atoms with Crippen LogP contribution in [-0.4, -0.2) is 8.80 Å². The van der Waals surface area contributed by atoms with E-state index in [1.165, 1.54) is 176 Å². The van der Waals surface area contributed by atoms with E-state index < -0.39 is 5.41 Å². The number of aromatic nitrogens is 2. The molecule has 17 aromatic rings. The zero-order valence-electron chi connectivity index (χ0n) is 41.6. The van der Waals surface area contributed by atoms with E-state index in [4.69, 9.17) is 0 Å². The normalized spacial score (nSPS) is 13.6. The first-order valence-corrected chi connectivity index (χ1v) is 27.0. The second kappa shape index (κ2) is 14.2. The van der Waals surface area contributed by atoms with Crippen LogP contribution in [0, 0.1) is 0 Å². The van der Waals surface area contributed by atoms with Crippen molar-refractivity contribution >= 4 is 97.7 Å². The summed E-state index contributed by atoms with van der Waals surface area (Å²) in [5.74, 6) is 0. The Kier molecular flexibility index (Phi) is 7.46. The van der Waals surface area contributed by atoms with E-state index >= 15 is 0 Å². The second-order valence-electron chi connectivity index (χ2n) is 21.7. The molecule has 2 heteroatoms. The standard InChI is InChI=1S/C75H42N2/c1-6-35-62-45(18-1)46-19-2-7-36-63(46)75(62)64-37-8-3-20-47(64)54-29-13-32-57(72(54)75)69-52-25-11-23-43(50-27-16-40-67-70(50)58-33-14-30-55-48-21-4-9-38-65(48)76(67)73(55)58)60(52)42-61-44(24-12-26-53(61)69)51-28-17-41-68-71(51)59-34-15-31-56-49-22-5-10-39-66(49)77(68)74(56)59/h1-42H. The molecule has 0 aliphatic heterocycles. The molecule has 77 heavy (non-hydrogen) atoms. The summed E-state index contributed by atoms with van der Waals surface area (Å²) in [6.45, 7) is 0. The summed E-state index contributed by atoms with van der Waals surface area (Å²) in [5.41, 5.74) is 25.1. The molecule has 0 unspecified atom stereocenters. The number of hydrogen-bond acceptors (Lipinski definition) is 0. The van der Waals surface area contributed by atoms with Crippen LogP contribution in [0.15, 0.2) is 255 Å². The Balaban J connectivity index is 0.984. The molecule has 4 aromatic heterocycles. The molecule has 352 valence electrons. The summed E-state index contributed by atoms with van der Waals surface area (Å²) < 4.78 is 5.03. The smallest absolute Gasteiger partial charge is 0.0731 e. The molecule has 0 radical (unpaired) electrons. The number of benzene rings is 13. The van der Waals surface area contributed by atoms with Crippen molar-refractivity contribution in [2.45, 2.75) is 5.41 Å². The Labute approximate surface area is 442 Å². The Morgan fingerprint density at radius 1 is 0.221 bits per heavy atom. The molecule has 0 amide bonds. The Morgan fingerprint density at radius 2 is 0.558 bits per heavy atom. The van der Waals surface area contributed by atoms with Crippen molar-refractivity contribution in [3.8, 4) is 55.6 Å². The molecule has 0 N–H and O–H groups in total. The molecule has 0 saturated carbocycles. The quantitative estimate of drug-likeness (QED) is 0.156. The van der Waals surface area contributed by atoms with Crippen molar-refractivity contribution in [2.75, 3.05) is 0 Å². The SMILES string of the molecule is c1ccc2c(c1)-c1ccccc1C21c2ccccc2-c2cccc(-c3c4cccc(-c5cccc6c5c5cccc7c8ccccc8n6c75)c4cc4c(-c5cccc6c5c5cccc7c8ccccc8n6c75)cccc34)c21. The van der Waals surface area contributed by atoms with E-state index in [0.29, 0.717) is 0 Å². The van der Waals surface area contributed by atoms with Gasteiger partial charge in [-0.05, 0) is 130 Å². The zero-order valence-corrected chi connectivity index (χ0v) is 41.6. The van der Waals surface area contributed by atoms with E-state index in [1.54, 1.807) is 0 Å². The zero-order chi connectivity index (χ0) is 49.8. The van der Waals surface area contributed by atoms with Crippen LogP contribution in [0.5, 0.6) is 0 Å². The lowest BCUT2D eigenvalue weighted by atomic mass is 9.68. The van der Waals surface area contributed by atoms with Crippen molar-refractivity contribution in [2.24, 2.45) is 0 Å². The third-order valence-electron chi connectivity index (χ3n) is 18.4. The molecule has 19 rings (SSSR count). The van der Waals surface area contributed by atoms with Gasteiger partial charge in [-0.15, -0.1) is 0 Å². The summed E-state index contributed by atoms with van der Waals surface area (Å²) in [4.78, 5) is 0. The van der Waals surface area contributed by atoms with Crippen LogP contribution in [0.2, 0.25) is 0 Å². The van der Waals surface area contributed by atoms with Gasteiger partial charge in [-0.1, -0.05) is 224 Å². The minimum Gasteiger partial charge on any atom is -0.308 e. The van der Waals surface area contributed by atoms with Gasteiger partial charge >= 0.3 is 0 Å². The number of rotatable bonds is 3. The van der Waals surface area contributed by atoms with Gasteiger partial charge in [-0.3, -0.25) is 0 Å². The maximum Gasteiger partial charge on any atom is 0.0731 e. The molecule has 1 spiro atoms. The van der Waals surface area contributed by atoms with Crippen LogP contribution < -0.4 is 0 Å². The van der Waals surface area contributed by atoms with Crippen LogP contribution in [0.1, 0.15) is 22.3 Å². The third kappa shape index (κ3) is 4.73. The van der Waals surface area contributed by atoms with Gasteiger partial charge in [0.1, 0.15) is 0 Å². The Hall–Kier alpha value is -10.0. The van der Waals surface area contributed by atoms with Crippen LogP contribution in [-0.2, 0) is 5.41 Å². The van der Waals surface area contributed by atoms with Gasteiger partial charge in [0, 0.05) is 43.1 Å². The van der Waals surface area contributed by atoms with Crippen molar-refractivity contribution in [1.29, 1.82) is 0 Å². The van der Waals surface area contributed by atoms with Crippen LogP contribution in [0.3, 0.4) is 0 Å². The van der Waals surface area contributed by atoms with Gasteiger partial charge in [-0.25, -0.2) is 0 Å². The molecule has 4 heterocycles. The first-order chi connectivity index (χ1) is 38.3. The first-order valence-electron chi connectivity index (χ1n) is 27.0. The molecular weight excluding hydrogens is 929 g/mol. The van der Waals surface area contributed by atoms with E-state index in [1.807, 2.05) is 0 Å². The number of para-hydroxylation sites is 4. The summed E-state index contributed by atoms with van der Waals surface area (Å²) >= 11 is 0. The predicted octanol–water partition coefficient (Wildman–Crippen LogP) is 19.6. The van der Waals surface area contributed by atoms with Gasteiger partial charge < -0.3 is 8.80 Å². The van der Waals surface area contributed by atoms with E-state index in [9.17, 15) is 0 Å². The van der Waals surface area contributed by atoms with Gasteiger partial charge in [0.15, 0.2) is 0 Å². The maximum absolute atomic E-state index is 2.56. The Morgan fingerprint density at radius 3 is 1.09 bits per heavy atom. The summed E-state index contributed by atoms with van der Waals surface area (Å²) in [7, 11) is 0. The van der Waals surface area contributed by atoms with Crippen LogP contribution >= 0.6 is 0 Å². The van der Waals surface area contributed by atoms with Crippen molar-refractivity contribution < 1.29 is 0 Å². The minimum atomic E-state index is -0.538. The largest absolute Gasteiger partial charge is 0.308 e. The van der Waals surface area contributed by atoms with Gasteiger partial charge in [-0.2, -0.15) is 0 Å². The average Bonchev–Trinajstić information content (AvgIpc) is 4.42. The van der Waals surface area contributed by atoms with E-state index in [-0.39, 0.29) is 0 Å². The molecule has 2 nitrogen and oxygen atoms in total. The monoisotopic (exact) mass is 970 g/mol. The molecule has 0 atom stereocenters. The van der Waals surface area contributed by atoms with E-state index in [0.717, 1.165) is 0 Å². The minimum absolute atomic E-state index is 0.538. The van der Waals surface area contributed by atoms with E-state index in [2.05, 4.69) is 264 Å². The highest BCUT2D eigenvalue weighted by Gasteiger charge is 2.52. The highest BCUT2D eigenvalue weighted by Crippen LogP contribution is 2.65. The van der Waals surface area contributed by atoms with Crippen LogP contribution in [0.25, 0.3) is 153 Å². The molecule has 0 bridgehead atoms. The number of nitrogens with zero attached hydrogens (tertiary/aromatic N) is 2. The molecule has 2 aliphatic rings. The topological polar surface area (TPSA) is 8.82 Å². The summed E-state index contributed by atoms with van der Waals surface area (Å²) in [6, 6.07) is 97.1. The summed E-state index contributed by atoms with van der Waals surface area (Å²) in [5, 5.41) is 15.3. The molecule has 2 aliphatic carbocycles. The van der Waals surface area contributed by atoms with Gasteiger partial charge in [0.25, 0.3) is 0 Å². The highest BCUT2D eigenvalue weighted by molar-refractivity contribution is 6.30. The lowest BCUT2D eigenvalue weighted by molar-refractivity contribution is 0.796. The van der Waals surface area contributed by atoms with Crippen molar-refractivity contribution in [3.63, 3.8) is 0 Å². The number of hydrogen-bond donors (Lipinski definition) is 0. The lowest BCUT2D eigenvalue weighted by Gasteiger charge is -2.32. The Bertz CT molecular complexity index is 5170. The summed E-state index contributed by atoms with van der Waals surface area (Å²) in [6.07, 6.45) is 0. The van der Waals surface area contributed by atoms with Gasteiger partial charge in [0.2, 0.25) is 0 Å². The highest BCUT2D eigenvalue weighted by atomic mass is 14.9. The average molecular weight is 971 g/mol. The van der Waals surface area contributed by atoms with Crippen LogP contribution in [0.4, 0.5) is 0 Å². The maximum atomic E-state index is 2.56. The lowest BCUT2D eigenvalue weighted by Crippen LogP contribution is -2.26. The number of fused-ring (bicyclic) bond motifs is 24. The fraction of sp³-hybridized carbons (Fsp3) is 0.0133.